The van der Waals surface area contributed by atoms with Crippen LogP contribution in [0.15, 0.2) is 36.4 Å². The highest BCUT2D eigenvalue weighted by Gasteiger charge is 2.37. The van der Waals surface area contributed by atoms with Gasteiger partial charge in [-0.2, -0.15) is 0 Å². The van der Waals surface area contributed by atoms with Crippen LogP contribution < -0.4 is 0 Å². The Morgan fingerprint density at radius 3 is 2.00 bits per heavy atom. The zero-order chi connectivity index (χ0) is 15.0. The SMILES string of the molecule is Cc1cc(C)cc(C2(c3ccc(O)c(C)c3)CCCC2)c1. The maximum atomic E-state index is 9.83. The molecule has 2 aromatic carbocycles. The fourth-order valence-electron chi connectivity index (χ4n) is 3.93. The average Bonchev–Trinajstić information content (AvgIpc) is 2.91. The molecule has 1 aliphatic carbocycles. The Morgan fingerprint density at radius 2 is 1.43 bits per heavy atom. The molecule has 1 N–H and O–H groups in total. The molecule has 3 rings (SSSR count). The van der Waals surface area contributed by atoms with Gasteiger partial charge in [-0.3, -0.25) is 0 Å². The van der Waals surface area contributed by atoms with Crippen LogP contribution in [0.4, 0.5) is 0 Å². The van der Waals surface area contributed by atoms with Crippen LogP contribution in [0.25, 0.3) is 0 Å². The topological polar surface area (TPSA) is 20.2 Å². The van der Waals surface area contributed by atoms with Gasteiger partial charge >= 0.3 is 0 Å². The van der Waals surface area contributed by atoms with Gasteiger partial charge in [0.15, 0.2) is 0 Å². The number of phenols is 1. The highest BCUT2D eigenvalue weighted by molar-refractivity contribution is 5.47. The van der Waals surface area contributed by atoms with Gasteiger partial charge in [-0.15, -0.1) is 0 Å². The van der Waals surface area contributed by atoms with Gasteiger partial charge in [0.1, 0.15) is 5.75 Å². The summed E-state index contributed by atoms with van der Waals surface area (Å²) >= 11 is 0. The van der Waals surface area contributed by atoms with Gasteiger partial charge in [-0.1, -0.05) is 54.3 Å². The van der Waals surface area contributed by atoms with E-state index in [1.165, 1.54) is 47.9 Å². The van der Waals surface area contributed by atoms with Crippen LogP contribution in [0.3, 0.4) is 0 Å². The summed E-state index contributed by atoms with van der Waals surface area (Å²) < 4.78 is 0. The summed E-state index contributed by atoms with van der Waals surface area (Å²) in [5.41, 5.74) is 6.60. The number of hydrogen-bond donors (Lipinski definition) is 1. The molecule has 110 valence electrons. The van der Waals surface area contributed by atoms with Crippen LogP contribution in [0.1, 0.15) is 53.5 Å². The van der Waals surface area contributed by atoms with Crippen LogP contribution in [0.5, 0.6) is 5.75 Å². The molecule has 0 spiro atoms. The summed E-state index contributed by atoms with van der Waals surface area (Å²) in [5, 5.41) is 9.83. The molecule has 21 heavy (non-hydrogen) atoms. The van der Waals surface area contributed by atoms with Crippen molar-refractivity contribution in [2.45, 2.75) is 51.9 Å². The zero-order valence-corrected chi connectivity index (χ0v) is 13.2. The molecular weight excluding hydrogens is 256 g/mol. The van der Waals surface area contributed by atoms with Gasteiger partial charge in [0.25, 0.3) is 0 Å². The summed E-state index contributed by atoms with van der Waals surface area (Å²) in [5.74, 6) is 0.396. The molecule has 0 radical (unpaired) electrons. The minimum absolute atomic E-state index is 0.134. The summed E-state index contributed by atoms with van der Waals surface area (Å²) in [7, 11) is 0. The van der Waals surface area contributed by atoms with Crippen molar-refractivity contribution in [1.82, 2.24) is 0 Å². The van der Waals surface area contributed by atoms with Gasteiger partial charge in [0.05, 0.1) is 0 Å². The lowest BCUT2D eigenvalue weighted by Crippen LogP contribution is -2.24. The second-order valence-corrected chi connectivity index (χ2v) is 6.67. The molecule has 2 aromatic rings. The van der Waals surface area contributed by atoms with Crippen LogP contribution in [0, 0.1) is 20.8 Å². The van der Waals surface area contributed by atoms with E-state index in [0.717, 1.165) is 5.56 Å². The quantitative estimate of drug-likeness (QED) is 0.804. The highest BCUT2D eigenvalue weighted by Crippen LogP contribution is 2.47. The number of rotatable bonds is 2. The maximum absolute atomic E-state index is 9.83. The predicted molar refractivity (Wildman–Crippen MR) is 88.0 cm³/mol. The summed E-state index contributed by atoms with van der Waals surface area (Å²) in [4.78, 5) is 0. The van der Waals surface area contributed by atoms with Crippen LogP contribution >= 0.6 is 0 Å². The predicted octanol–water partition coefficient (Wildman–Crippen LogP) is 5.18. The van der Waals surface area contributed by atoms with E-state index < -0.39 is 0 Å². The third kappa shape index (κ3) is 2.46. The van der Waals surface area contributed by atoms with Crippen molar-refractivity contribution >= 4 is 0 Å². The van der Waals surface area contributed by atoms with E-state index >= 15 is 0 Å². The standard InChI is InChI=1S/C20H24O/c1-14-10-15(2)12-18(11-14)20(8-4-5-9-20)17-6-7-19(21)16(3)13-17/h6-7,10-13,21H,4-5,8-9H2,1-3H3. The first-order valence-electron chi connectivity index (χ1n) is 7.90. The first kappa shape index (κ1) is 14.2. The minimum atomic E-state index is 0.134. The fraction of sp³-hybridized carbons (Fsp3) is 0.400. The second kappa shape index (κ2) is 5.22. The van der Waals surface area contributed by atoms with Crippen molar-refractivity contribution < 1.29 is 5.11 Å². The lowest BCUT2D eigenvalue weighted by atomic mass is 9.72. The molecule has 0 unspecified atom stereocenters. The van der Waals surface area contributed by atoms with Crippen molar-refractivity contribution in [3.05, 3.63) is 64.2 Å². The average molecular weight is 280 g/mol. The minimum Gasteiger partial charge on any atom is -0.508 e. The van der Waals surface area contributed by atoms with E-state index in [9.17, 15) is 5.11 Å². The first-order chi connectivity index (χ1) is 10.0. The van der Waals surface area contributed by atoms with E-state index in [0.29, 0.717) is 5.75 Å². The summed E-state index contributed by atoms with van der Waals surface area (Å²) in [6.07, 6.45) is 4.99. The lowest BCUT2D eigenvalue weighted by molar-refractivity contribution is 0.468. The molecule has 1 nitrogen and oxygen atoms in total. The molecule has 0 heterocycles. The van der Waals surface area contributed by atoms with E-state index in [1.807, 2.05) is 13.0 Å². The molecule has 0 bridgehead atoms. The molecule has 0 amide bonds. The molecule has 1 aliphatic rings. The molecule has 1 saturated carbocycles. The Morgan fingerprint density at radius 1 is 0.810 bits per heavy atom. The van der Waals surface area contributed by atoms with Crippen molar-refractivity contribution in [1.29, 1.82) is 0 Å². The number of phenolic OH excluding ortho intramolecular Hbond substituents is 1. The molecule has 1 heteroatoms. The Kier molecular flexibility index (Phi) is 3.52. The van der Waals surface area contributed by atoms with E-state index in [-0.39, 0.29) is 5.41 Å². The monoisotopic (exact) mass is 280 g/mol. The van der Waals surface area contributed by atoms with Crippen molar-refractivity contribution in [2.75, 3.05) is 0 Å². The van der Waals surface area contributed by atoms with Gasteiger partial charge < -0.3 is 5.11 Å². The van der Waals surface area contributed by atoms with Crippen LogP contribution in [-0.2, 0) is 5.41 Å². The van der Waals surface area contributed by atoms with Crippen molar-refractivity contribution in [2.24, 2.45) is 0 Å². The van der Waals surface area contributed by atoms with Gasteiger partial charge in [-0.05, 0) is 56.4 Å². The Balaban J connectivity index is 2.17. The highest BCUT2D eigenvalue weighted by atomic mass is 16.3. The third-order valence-corrected chi connectivity index (χ3v) is 4.98. The van der Waals surface area contributed by atoms with Crippen LogP contribution in [-0.4, -0.2) is 5.11 Å². The normalized spacial score (nSPS) is 17.1. The third-order valence-electron chi connectivity index (χ3n) is 4.98. The lowest BCUT2D eigenvalue weighted by Gasteiger charge is -2.31. The van der Waals surface area contributed by atoms with Gasteiger partial charge in [-0.25, -0.2) is 0 Å². The molecule has 0 aliphatic heterocycles. The van der Waals surface area contributed by atoms with Crippen molar-refractivity contribution in [3.8, 4) is 5.75 Å². The summed E-state index contributed by atoms with van der Waals surface area (Å²) in [6, 6.07) is 13.1. The molecule has 0 aromatic heterocycles. The molecule has 1 fully saturated rings. The summed E-state index contributed by atoms with van der Waals surface area (Å²) in [6.45, 7) is 6.35. The largest absolute Gasteiger partial charge is 0.508 e. The molecule has 0 atom stereocenters. The number of hydrogen-bond acceptors (Lipinski definition) is 1. The van der Waals surface area contributed by atoms with E-state index in [4.69, 9.17) is 0 Å². The smallest absolute Gasteiger partial charge is 0.118 e. The number of benzene rings is 2. The molecule has 0 saturated heterocycles. The van der Waals surface area contributed by atoms with Crippen molar-refractivity contribution in [3.63, 3.8) is 0 Å². The number of aromatic hydroxyl groups is 1. The second-order valence-electron chi connectivity index (χ2n) is 6.67. The van der Waals surface area contributed by atoms with Gasteiger partial charge in [0.2, 0.25) is 0 Å². The Bertz CT molecular complexity index is 643. The van der Waals surface area contributed by atoms with E-state index in [1.54, 1.807) is 0 Å². The Labute approximate surface area is 127 Å². The number of aryl methyl sites for hydroxylation is 3. The zero-order valence-electron chi connectivity index (χ0n) is 13.2. The van der Waals surface area contributed by atoms with Crippen LogP contribution in [0.2, 0.25) is 0 Å². The maximum Gasteiger partial charge on any atom is 0.118 e. The van der Waals surface area contributed by atoms with Gasteiger partial charge in [0, 0.05) is 5.41 Å². The van der Waals surface area contributed by atoms with E-state index in [2.05, 4.69) is 44.2 Å². The Hall–Kier alpha value is -1.76. The fourth-order valence-corrected chi connectivity index (χ4v) is 3.93. The molecular formula is C20H24O. The first-order valence-corrected chi connectivity index (χ1v) is 7.90.